The maximum absolute atomic E-state index is 11.9. The average Bonchev–Trinajstić information content (AvgIpc) is 2.46. The van der Waals surface area contributed by atoms with Gasteiger partial charge >= 0.3 is 11.8 Å². The summed E-state index contributed by atoms with van der Waals surface area (Å²) in [5, 5.41) is 7.62. The lowest BCUT2D eigenvalue weighted by Crippen LogP contribution is -2.29. The molecule has 0 atom stereocenters. The van der Waals surface area contributed by atoms with Crippen molar-refractivity contribution in [3.8, 4) is 0 Å². The van der Waals surface area contributed by atoms with Gasteiger partial charge in [0.15, 0.2) is 0 Å². The van der Waals surface area contributed by atoms with Crippen molar-refractivity contribution in [1.82, 2.24) is 0 Å². The normalized spacial score (nSPS) is 9.83. The molecule has 3 amide bonds. The van der Waals surface area contributed by atoms with Crippen LogP contribution in [0.15, 0.2) is 48.5 Å². The largest absolute Gasteiger partial charge is 0.326 e. The zero-order valence-electron chi connectivity index (χ0n) is 12.8. The quantitative estimate of drug-likeness (QED) is 0.761. The van der Waals surface area contributed by atoms with Crippen LogP contribution in [0.4, 0.5) is 17.1 Å². The molecule has 6 nitrogen and oxygen atoms in total. The van der Waals surface area contributed by atoms with E-state index in [1.54, 1.807) is 42.5 Å². The summed E-state index contributed by atoms with van der Waals surface area (Å²) in [6.07, 6.45) is 0. The van der Waals surface area contributed by atoms with Crippen LogP contribution in [0.25, 0.3) is 0 Å². The summed E-state index contributed by atoms with van der Waals surface area (Å²) in [7, 11) is 0. The van der Waals surface area contributed by atoms with E-state index < -0.39 is 11.8 Å². The number of carbonyl (C=O) groups excluding carboxylic acids is 3. The molecule has 2 rings (SSSR count). The molecule has 118 valence electrons. The number of anilines is 3. The number of carbonyl (C=O) groups is 3. The first kappa shape index (κ1) is 16.2. The Balaban J connectivity index is 2.01. The van der Waals surface area contributed by atoms with Gasteiger partial charge in [-0.3, -0.25) is 14.4 Å². The Morgan fingerprint density at radius 1 is 0.739 bits per heavy atom. The minimum absolute atomic E-state index is 0.217. The molecule has 0 heterocycles. The fourth-order valence-corrected chi connectivity index (χ4v) is 1.98. The van der Waals surface area contributed by atoms with Crippen LogP contribution in [-0.4, -0.2) is 17.7 Å². The number of nitrogens with one attached hydrogen (secondary N) is 3. The number of hydrogen-bond acceptors (Lipinski definition) is 3. The van der Waals surface area contributed by atoms with E-state index in [9.17, 15) is 14.4 Å². The number of amides is 3. The summed E-state index contributed by atoms with van der Waals surface area (Å²) in [6.45, 7) is 3.28. The second-order valence-corrected chi connectivity index (χ2v) is 5.04. The van der Waals surface area contributed by atoms with Gasteiger partial charge in [0, 0.05) is 24.0 Å². The Morgan fingerprint density at radius 3 is 1.74 bits per heavy atom. The first-order valence-corrected chi connectivity index (χ1v) is 7.01. The van der Waals surface area contributed by atoms with Gasteiger partial charge < -0.3 is 16.0 Å². The predicted molar refractivity (Wildman–Crippen MR) is 89.2 cm³/mol. The molecular formula is C17H17N3O3. The van der Waals surface area contributed by atoms with Crippen LogP contribution < -0.4 is 16.0 Å². The molecule has 23 heavy (non-hydrogen) atoms. The van der Waals surface area contributed by atoms with Crippen LogP contribution in [0.3, 0.4) is 0 Å². The van der Waals surface area contributed by atoms with Crippen LogP contribution in [0.2, 0.25) is 0 Å². The van der Waals surface area contributed by atoms with Crippen molar-refractivity contribution in [2.75, 3.05) is 16.0 Å². The summed E-state index contributed by atoms with van der Waals surface area (Å²) >= 11 is 0. The van der Waals surface area contributed by atoms with E-state index in [1.165, 1.54) is 6.92 Å². The second-order valence-electron chi connectivity index (χ2n) is 5.04. The van der Waals surface area contributed by atoms with Gasteiger partial charge in [-0.2, -0.15) is 0 Å². The molecule has 0 aliphatic carbocycles. The topological polar surface area (TPSA) is 87.3 Å². The van der Waals surface area contributed by atoms with Gasteiger partial charge in [-0.05, 0) is 42.8 Å². The van der Waals surface area contributed by atoms with Crippen LogP contribution in [0.1, 0.15) is 12.5 Å². The molecular weight excluding hydrogens is 294 g/mol. The first-order chi connectivity index (χ1) is 10.9. The maximum atomic E-state index is 11.9. The lowest BCUT2D eigenvalue weighted by Gasteiger charge is -2.08. The Bertz CT molecular complexity index is 756. The zero-order valence-corrected chi connectivity index (χ0v) is 12.8. The van der Waals surface area contributed by atoms with Crippen LogP contribution >= 0.6 is 0 Å². The van der Waals surface area contributed by atoms with Crippen LogP contribution in [-0.2, 0) is 14.4 Å². The Labute approximate surface area is 133 Å². The highest BCUT2D eigenvalue weighted by molar-refractivity contribution is 6.43. The Hall–Kier alpha value is -3.15. The molecule has 0 aliphatic heterocycles. The number of rotatable bonds is 3. The minimum atomic E-state index is -0.786. The van der Waals surface area contributed by atoms with Crippen molar-refractivity contribution >= 4 is 34.8 Å². The molecule has 3 N–H and O–H groups in total. The van der Waals surface area contributed by atoms with E-state index in [0.29, 0.717) is 17.1 Å². The molecule has 0 bridgehead atoms. The fourth-order valence-electron chi connectivity index (χ4n) is 1.98. The van der Waals surface area contributed by atoms with Gasteiger partial charge in [0.25, 0.3) is 0 Å². The van der Waals surface area contributed by atoms with E-state index >= 15 is 0 Å². The van der Waals surface area contributed by atoms with Crippen LogP contribution in [0.5, 0.6) is 0 Å². The first-order valence-electron chi connectivity index (χ1n) is 7.01. The average molecular weight is 311 g/mol. The van der Waals surface area contributed by atoms with E-state index in [-0.39, 0.29) is 5.91 Å². The summed E-state index contributed by atoms with van der Waals surface area (Å²) in [5.74, 6) is -1.77. The van der Waals surface area contributed by atoms with E-state index in [0.717, 1.165) is 5.56 Å². The molecule has 0 aliphatic rings. The van der Waals surface area contributed by atoms with Gasteiger partial charge in [0.1, 0.15) is 0 Å². The molecule has 0 spiro atoms. The van der Waals surface area contributed by atoms with Crippen molar-refractivity contribution in [2.24, 2.45) is 0 Å². The third-order valence-corrected chi connectivity index (χ3v) is 2.92. The number of hydrogen-bond donors (Lipinski definition) is 3. The summed E-state index contributed by atoms with van der Waals surface area (Å²) in [6, 6.07) is 13.7. The second kappa shape index (κ2) is 7.22. The Kier molecular flexibility index (Phi) is 5.09. The van der Waals surface area contributed by atoms with Crippen LogP contribution in [0, 0.1) is 6.92 Å². The lowest BCUT2D eigenvalue weighted by atomic mass is 10.2. The molecule has 0 unspecified atom stereocenters. The minimum Gasteiger partial charge on any atom is -0.326 e. The van der Waals surface area contributed by atoms with Gasteiger partial charge in [0.2, 0.25) is 5.91 Å². The third kappa shape index (κ3) is 4.96. The predicted octanol–water partition coefficient (Wildman–Crippen LogP) is 2.53. The molecule has 0 aromatic heterocycles. The van der Waals surface area contributed by atoms with Crippen molar-refractivity contribution in [3.05, 3.63) is 54.1 Å². The van der Waals surface area contributed by atoms with Gasteiger partial charge in [0.05, 0.1) is 0 Å². The highest BCUT2D eigenvalue weighted by atomic mass is 16.2. The van der Waals surface area contributed by atoms with E-state index in [4.69, 9.17) is 0 Å². The fraction of sp³-hybridized carbons (Fsp3) is 0.118. The number of benzene rings is 2. The molecule has 6 heteroatoms. The van der Waals surface area contributed by atoms with Crippen molar-refractivity contribution in [3.63, 3.8) is 0 Å². The molecule has 0 radical (unpaired) electrons. The lowest BCUT2D eigenvalue weighted by molar-refractivity contribution is -0.132. The van der Waals surface area contributed by atoms with E-state index in [1.807, 2.05) is 13.0 Å². The monoisotopic (exact) mass is 311 g/mol. The third-order valence-electron chi connectivity index (χ3n) is 2.92. The zero-order chi connectivity index (χ0) is 16.8. The van der Waals surface area contributed by atoms with Gasteiger partial charge in [-0.1, -0.05) is 18.2 Å². The molecule has 0 saturated heterocycles. The van der Waals surface area contributed by atoms with Crippen molar-refractivity contribution < 1.29 is 14.4 Å². The smallest absolute Gasteiger partial charge is 0.314 e. The molecule has 2 aromatic rings. The Morgan fingerprint density at radius 2 is 1.22 bits per heavy atom. The maximum Gasteiger partial charge on any atom is 0.314 e. The summed E-state index contributed by atoms with van der Waals surface area (Å²) < 4.78 is 0. The standard InChI is InChI=1S/C17H17N3O3/c1-11-5-3-6-13(9-11)19-16(22)17(23)20-15-8-4-7-14(10-15)18-12(2)21/h3-10H,1-2H3,(H,18,21)(H,19,22)(H,20,23). The highest BCUT2D eigenvalue weighted by Gasteiger charge is 2.14. The van der Waals surface area contributed by atoms with Crippen molar-refractivity contribution in [1.29, 1.82) is 0 Å². The summed E-state index contributed by atoms with van der Waals surface area (Å²) in [4.78, 5) is 34.8. The highest BCUT2D eigenvalue weighted by Crippen LogP contribution is 2.15. The molecule has 0 saturated carbocycles. The summed E-state index contributed by atoms with van der Waals surface area (Å²) in [5.41, 5.74) is 2.48. The van der Waals surface area contributed by atoms with Crippen molar-refractivity contribution in [2.45, 2.75) is 13.8 Å². The molecule has 2 aromatic carbocycles. The van der Waals surface area contributed by atoms with Gasteiger partial charge in [-0.25, -0.2) is 0 Å². The molecule has 0 fully saturated rings. The van der Waals surface area contributed by atoms with Gasteiger partial charge in [-0.15, -0.1) is 0 Å². The number of aryl methyl sites for hydroxylation is 1. The van der Waals surface area contributed by atoms with E-state index in [2.05, 4.69) is 16.0 Å². The SMILES string of the molecule is CC(=O)Nc1cccc(NC(=O)C(=O)Nc2cccc(C)c2)c1.